The van der Waals surface area contributed by atoms with Crippen LogP contribution in [0.1, 0.15) is 43.0 Å². The van der Waals surface area contributed by atoms with Crippen LogP contribution in [0.5, 0.6) is 0 Å². The molecule has 2 aliphatic rings. The molecule has 2 atom stereocenters. The molecule has 1 saturated carbocycles. The second-order valence-electron chi connectivity index (χ2n) is 8.98. The summed E-state index contributed by atoms with van der Waals surface area (Å²) in [4.78, 5) is 25.8. The van der Waals surface area contributed by atoms with E-state index in [1.165, 1.54) is 19.2 Å². The molecule has 10 heteroatoms. The number of ketones is 1. The maximum atomic E-state index is 14.2. The molecule has 0 radical (unpaired) electrons. The zero-order valence-corrected chi connectivity index (χ0v) is 19.7. The molecule has 0 amide bonds. The van der Waals surface area contributed by atoms with Gasteiger partial charge in [-0.3, -0.25) is 9.78 Å². The SMILES string of the molecule is O=C(CCc1cc(-c2ccc(C3CC3)nc2)ncn1)[C@@H]1C[C@@H](F)CN1S(=O)(=O)c1ccc(F)cc1. The first kappa shape index (κ1) is 23.6. The monoisotopic (exact) mass is 498 g/mol. The molecule has 2 fully saturated rings. The predicted molar refractivity (Wildman–Crippen MR) is 124 cm³/mol. The molecule has 0 bridgehead atoms. The third-order valence-electron chi connectivity index (χ3n) is 6.43. The first-order chi connectivity index (χ1) is 16.8. The molecule has 182 valence electrons. The summed E-state index contributed by atoms with van der Waals surface area (Å²) in [5.74, 6) is -0.409. The normalized spacial score (nSPS) is 20.7. The Morgan fingerprint density at radius 3 is 2.51 bits per heavy atom. The molecule has 0 N–H and O–H groups in total. The van der Waals surface area contributed by atoms with E-state index in [4.69, 9.17) is 0 Å². The Morgan fingerprint density at radius 2 is 1.83 bits per heavy atom. The predicted octanol–water partition coefficient (Wildman–Crippen LogP) is 3.86. The Balaban J connectivity index is 1.27. The van der Waals surface area contributed by atoms with E-state index in [0.717, 1.165) is 39.8 Å². The summed E-state index contributed by atoms with van der Waals surface area (Å²) in [5.41, 5.74) is 3.23. The molecule has 1 aliphatic carbocycles. The smallest absolute Gasteiger partial charge is 0.243 e. The number of Topliss-reactive ketones (excluding diaryl/α,β-unsaturated/α-hetero) is 1. The minimum Gasteiger partial charge on any atom is -0.298 e. The van der Waals surface area contributed by atoms with E-state index in [0.29, 0.717) is 17.3 Å². The van der Waals surface area contributed by atoms with E-state index < -0.39 is 34.6 Å². The number of carbonyl (C=O) groups excluding carboxylic acids is 1. The summed E-state index contributed by atoms with van der Waals surface area (Å²) in [7, 11) is -4.14. The number of nitrogens with zero attached hydrogens (tertiary/aromatic N) is 4. The maximum absolute atomic E-state index is 14.2. The molecule has 3 heterocycles. The number of benzene rings is 1. The first-order valence-electron chi connectivity index (χ1n) is 11.5. The third-order valence-corrected chi connectivity index (χ3v) is 8.31. The molecule has 7 nitrogen and oxygen atoms in total. The molecular weight excluding hydrogens is 474 g/mol. The van der Waals surface area contributed by atoms with Crippen molar-refractivity contribution in [2.75, 3.05) is 6.54 Å². The van der Waals surface area contributed by atoms with Gasteiger partial charge in [0.05, 0.1) is 16.6 Å². The van der Waals surface area contributed by atoms with Crippen molar-refractivity contribution in [2.45, 2.75) is 55.1 Å². The third kappa shape index (κ3) is 5.13. The van der Waals surface area contributed by atoms with Crippen LogP contribution in [0.4, 0.5) is 8.78 Å². The van der Waals surface area contributed by atoms with Crippen LogP contribution in [0.2, 0.25) is 0 Å². The van der Waals surface area contributed by atoms with Crippen molar-refractivity contribution in [2.24, 2.45) is 0 Å². The molecule has 1 aromatic carbocycles. The summed E-state index contributed by atoms with van der Waals surface area (Å²) >= 11 is 0. The van der Waals surface area contributed by atoms with Crippen LogP contribution < -0.4 is 0 Å². The number of pyridine rings is 1. The summed E-state index contributed by atoms with van der Waals surface area (Å²) in [5, 5.41) is 0. The quantitative estimate of drug-likeness (QED) is 0.468. The van der Waals surface area contributed by atoms with Gasteiger partial charge in [0.25, 0.3) is 0 Å². The molecule has 5 rings (SSSR count). The van der Waals surface area contributed by atoms with E-state index in [2.05, 4.69) is 15.0 Å². The van der Waals surface area contributed by atoms with Gasteiger partial charge in [0.1, 0.15) is 18.3 Å². The summed E-state index contributed by atoms with van der Waals surface area (Å²) in [6.45, 7) is -0.405. The average Bonchev–Trinajstić information content (AvgIpc) is 3.64. The number of hydrogen-bond acceptors (Lipinski definition) is 6. The number of alkyl halides is 1. The molecule has 1 aliphatic heterocycles. The molecule has 2 aromatic heterocycles. The van der Waals surface area contributed by atoms with Gasteiger partial charge in [0, 0.05) is 48.5 Å². The van der Waals surface area contributed by atoms with Gasteiger partial charge in [-0.1, -0.05) is 0 Å². The number of sulfonamides is 1. The van der Waals surface area contributed by atoms with Gasteiger partial charge in [-0.25, -0.2) is 27.2 Å². The minimum atomic E-state index is -4.14. The van der Waals surface area contributed by atoms with Crippen molar-refractivity contribution in [1.29, 1.82) is 0 Å². The van der Waals surface area contributed by atoms with Crippen LogP contribution in [-0.2, 0) is 21.2 Å². The number of rotatable bonds is 8. The number of hydrogen-bond donors (Lipinski definition) is 0. The van der Waals surface area contributed by atoms with Gasteiger partial charge >= 0.3 is 0 Å². The standard InChI is InChI=1S/C25H24F2N4O3S/c26-18-4-7-21(8-5-18)35(33,34)31-14-19(27)11-24(31)25(32)10-6-20-12-23(30-15-29-20)17-3-9-22(28-13-17)16-1-2-16/h3-5,7-9,12-13,15-16,19,24H,1-2,6,10-11,14H2/t19-,24+/m1/s1. The average molecular weight is 499 g/mol. The highest BCUT2D eigenvalue weighted by Crippen LogP contribution is 2.39. The lowest BCUT2D eigenvalue weighted by Gasteiger charge is -2.22. The first-order valence-corrected chi connectivity index (χ1v) is 13.0. The lowest BCUT2D eigenvalue weighted by Crippen LogP contribution is -2.40. The lowest BCUT2D eigenvalue weighted by molar-refractivity contribution is -0.122. The molecule has 0 spiro atoms. The summed E-state index contributed by atoms with van der Waals surface area (Å²) in [6, 6.07) is 8.92. The minimum absolute atomic E-state index is 0.00213. The largest absolute Gasteiger partial charge is 0.298 e. The van der Waals surface area contributed by atoms with Crippen LogP contribution >= 0.6 is 0 Å². The van der Waals surface area contributed by atoms with Crippen molar-refractivity contribution in [3.63, 3.8) is 0 Å². The van der Waals surface area contributed by atoms with Gasteiger partial charge in [-0.15, -0.1) is 0 Å². The highest BCUT2D eigenvalue weighted by molar-refractivity contribution is 7.89. The second kappa shape index (κ2) is 9.50. The fraction of sp³-hybridized carbons (Fsp3) is 0.360. The molecular formula is C25H24F2N4O3S. The highest BCUT2D eigenvalue weighted by Gasteiger charge is 2.43. The van der Waals surface area contributed by atoms with Gasteiger partial charge < -0.3 is 0 Å². The Hall–Kier alpha value is -3.11. The van der Waals surface area contributed by atoms with Crippen LogP contribution in [0.15, 0.2) is 59.9 Å². The number of aryl methyl sites for hydroxylation is 1. The lowest BCUT2D eigenvalue weighted by atomic mass is 10.0. The fourth-order valence-corrected chi connectivity index (χ4v) is 5.99. The van der Waals surface area contributed by atoms with E-state index in [-0.39, 0.29) is 29.9 Å². The Bertz CT molecular complexity index is 1330. The van der Waals surface area contributed by atoms with Gasteiger partial charge in [-0.05, 0) is 61.7 Å². The van der Waals surface area contributed by atoms with Gasteiger partial charge in [-0.2, -0.15) is 4.31 Å². The van der Waals surface area contributed by atoms with Crippen molar-refractivity contribution >= 4 is 15.8 Å². The molecule has 3 aromatic rings. The van der Waals surface area contributed by atoms with Crippen LogP contribution in [0.25, 0.3) is 11.3 Å². The Labute approximate surface area is 202 Å². The second-order valence-corrected chi connectivity index (χ2v) is 10.9. The zero-order valence-electron chi connectivity index (χ0n) is 18.8. The van der Waals surface area contributed by atoms with E-state index >= 15 is 0 Å². The Kier molecular flexibility index (Phi) is 6.41. The summed E-state index contributed by atoms with van der Waals surface area (Å²) < 4.78 is 54.4. The Morgan fingerprint density at radius 1 is 1.06 bits per heavy atom. The van der Waals surface area contributed by atoms with Crippen LogP contribution in [0.3, 0.4) is 0 Å². The number of carbonyl (C=O) groups is 1. The van der Waals surface area contributed by atoms with Crippen molar-refractivity contribution in [3.8, 4) is 11.3 Å². The zero-order chi connectivity index (χ0) is 24.6. The number of halogens is 2. The molecule has 0 unspecified atom stereocenters. The van der Waals surface area contributed by atoms with Crippen LogP contribution in [0, 0.1) is 5.82 Å². The van der Waals surface area contributed by atoms with Gasteiger partial charge in [0.15, 0.2) is 5.78 Å². The van der Waals surface area contributed by atoms with Crippen molar-refractivity contribution in [1.82, 2.24) is 19.3 Å². The fourth-order valence-electron chi connectivity index (χ4n) is 4.34. The maximum Gasteiger partial charge on any atom is 0.243 e. The van der Waals surface area contributed by atoms with E-state index in [1.807, 2.05) is 12.1 Å². The number of aromatic nitrogens is 3. The topological polar surface area (TPSA) is 93.1 Å². The van der Waals surface area contributed by atoms with Crippen molar-refractivity contribution in [3.05, 3.63) is 72.2 Å². The molecule has 35 heavy (non-hydrogen) atoms. The molecule has 1 saturated heterocycles. The summed E-state index contributed by atoms with van der Waals surface area (Å²) in [6.07, 6.45) is 4.16. The highest BCUT2D eigenvalue weighted by atomic mass is 32.2. The van der Waals surface area contributed by atoms with E-state index in [9.17, 15) is 22.0 Å². The van der Waals surface area contributed by atoms with Gasteiger partial charge in [0.2, 0.25) is 10.0 Å². The van der Waals surface area contributed by atoms with E-state index in [1.54, 1.807) is 12.3 Å². The van der Waals surface area contributed by atoms with Crippen molar-refractivity contribution < 1.29 is 22.0 Å². The van der Waals surface area contributed by atoms with Crippen LogP contribution in [-0.4, -0.2) is 52.2 Å².